The van der Waals surface area contributed by atoms with Crippen LogP contribution in [0.5, 0.6) is 0 Å². The van der Waals surface area contributed by atoms with Gasteiger partial charge in [-0.2, -0.15) is 0 Å². The summed E-state index contributed by atoms with van der Waals surface area (Å²) in [5.74, 6) is -6.54. The lowest BCUT2D eigenvalue weighted by Gasteiger charge is -2.61. The van der Waals surface area contributed by atoms with Crippen LogP contribution >= 0.6 is 11.6 Å². The molecule has 198 valence electrons. The molecular formula is C25H30ClFO9. The number of fused-ring (bicyclic) bond motifs is 5. The van der Waals surface area contributed by atoms with Gasteiger partial charge in [0.1, 0.15) is 12.3 Å². The minimum Gasteiger partial charge on any atom is -0.481 e. The molecule has 2 unspecified atom stereocenters. The summed E-state index contributed by atoms with van der Waals surface area (Å²) in [7, 11) is 0. The number of hydrogen-bond donors (Lipinski definition) is 5. The van der Waals surface area contributed by atoms with Gasteiger partial charge >= 0.3 is 11.9 Å². The first kappa shape index (κ1) is 26.9. The zero-order valence-corrected chi connectivity index (χ0v) is 20.6. The lowest BCUT2D eigenvalue weighted by molar-refractivity contribution is -0.192. The fourth-order valence-corrected chi connectivity index (χ4v) is 8.49. The standard InChI is InChI=1S/C25H30ClFO9/c1-23-8-13(26)15(28)6-12(23)14(27)5-10-11-3-4-25(21(34)22(35)36,20(33)16(29)7-18(31)32)24(11,2)9-17(30)19(10)23/h6,8,10-11,14,16-17,19,21,29-30,34H,3-5,7,9H2,1-2H3,(H,31,32)(H,35,36)/t10-,11-,14+,16?,17-,19-,21?,23-,24-,25+/m0/s1. The molecule has 11 heteroatoms. The second-order valence-corrected chi connectivity index (χ2v) is 11.6. The van der Waals surface area contributed by atoms with E-state index >= 15 is 4.39 Å². The van der Waals surface area contributed by atoms with E-state index in [1.807, 2.05) is 0 Å². The highest BCUT2D eigenvalue weighted by Crippen LogP contribution is 2.71. The fourth-order valence-electron chi connectivity index (χ4n) is 8.21. The third-order valence-electron chi connectivity index (χ3n) is 9.60. The summed E-state index contributed by atoms with van der Waals surface area (Å²) in [6.07, 6.45) is -5.68. The van der Waals surface area contributed by atoms with Gasteiger partial charge in [-0.05, 0) is 54.6 Å². The van der Waals surface area contributed by atoms with Crippen molar-refractivity contribution < 1.29 is 49.1 Å². The Morgan fingerprint density at radius 1 is 1.22 bits per heavy atom. The zero-order valence-electron chi connectivity index (χ0n) is 19.9. The first-order chi connectivity index (χ1) is 16.6. The molecule has 5 N–H and O–H groups in total. The Morgan fingerprint density at radius 3 is 2.44 bits per heavy atom. The van der Waals surface area contributed by atoms with Crippen molar-refractivity contribution in [1.29, 1.82) is 0 Å². The van der Waals surface area contributed by atoms with Crippen molar-refractivity contribution in [1.82, 2.24) is 0 Å². The van der Waals surface area contributed by atoms with Crippen LogP contribution in [0.15, 0.2) is 22.8 Å². The van der Waals surface area contributed by atoms with Gasteiger partial charge in [-0.1, -0.05) is 31.5 Å². The van der Waals surface area contributed by atoms with Gasteiger partial charge in [-0.3, -0.25) is 14.4 Å². The van der Waals surface area contributed by atoms with E-state index in [4.69, 9.17) is 16.7 Å². The van der Waals surface area contributed by atoms with E-state index < -0.39 is 88.4 Å². The molecule has 0 spiro atoms. The fraction of sp³-hybridized carbons (Fsp3) is 0.680. The van der Waals surface area contributed by atoms with Gasteiger partial charge in [0.15, 0.2) is 17.7 Å². The maximum absolute atomic E-state index is 15.6. The van der Waals surface area contributed by atoms with Crippen LogP contribution in [-0.4, -0.2) is 73.5 Å². The molecule has 0 heterocycles. The molecular weight excluding hydrogens is 499 g/mol. The zero-order chi connectivity index (χ0) is 27.0. The van der Waals surface area contributed by atoms with Gasteiger partial charge in [0.25, 0.3) is 0 Å². The topological polar surface area (TPSA) is 169 Å². The Labute approximate surface area is 211 Å². The van der Waals surface area contributed by atoms with Crippen molar-refractivity contribution in [3.8, 4) is 0 Å². The van der Waals surface area contributed by atoms with Crippen LogP contribution < -0.4 is 0 Å². The van der Waals surface area contributed by atoms with Crippen LogP contribution in [0.1, 0.15) is 46.0 Å². The molecule has 4 aliphatic carbocycles. The molecule has 0 aliphatic heterocycles. The molecule has 3 fully saturated rings. The molecule has 3 saturated carbocycles. The summed E-state index contributed by atoms with van der Waals surface area (Å²) in [4.78, 5) is 48.9. The summed E-state index contributed by atoms with van der Waals surface area (Å²) in [5, 5.41) is 51.5. The number of carboxylic acid groups (broad SMARTS) is 2. The van der Waals surface area contributed by atoms with E-state index in [1.165, 1.54) is 12.2 Å². The quantitative estimate of drug-likeness (QED) is 0.343. The summed E-state index contributed by atoms with van der Waals surface area (Å²) < 4.78 is 15.6. The second kappa shape index (κ2) is 8.72. The maximum Gasteiger partial charge on any atom is 0.333 e. The minimum absolute atomic E-state index is 0.0900. The predicted molar refractivity (Wildman–Crippen MR) is 122 cm³/mol. The van der Waals surface area contributed by atoms with Gasteiger partial charge in [0.05, 0.1) is 23.0 Å². The number of aliphatic hydroxyl groups excluding tert-OH is 3. The van der Waals surface area contributed by atoms with E-state index in [-0.39, 0.29) is 36.3 Å². The number of Topliss-reactive ketones (excluding diaryl/α,β-unsaturated/α-hetero) is 1. The molecule has 0 aromatic carbocycles. The van der Waals surface area contributed by atoms with Crippen LogP contribution in [0.2, 0.25) is 0 Å². The highest BCUT2D eigenvalue weighted by atomic mass is 35.5. The van der Waals surface area contributed by atoms with Gasteiger partial charge < -0.3 is 25.5 Å². The average Bonchev–Trinajstić information content (AvgIpc) is 3.06. The number of carbonyl (C=O) groups is 4. The molecule has 0 bridgehead atoms. The summed E-state index contributed by atoms with van der Waals surface area (Å²) in [5.41, 5.74) is -4.37. The summed E-state index contributed by atoms with van der Waals surface area (Å²) >= 11 is 6.13. The Bertz CT molecular complexity index is 1090. The number of hydrogen-bond acceptors (Lipinski definition) is 7. The van der Waals surface area contributed by atoms with Crippen LogP contribution in [0.25, 0.3) is 0 Å². The number of halogens is 2. The summed E-state index contributed by atoms with van der Waals surface area (Å²) in [6, 6.07) is 0. The molecule has 4 aliphatic rings. The molecule has 4 rings (SSSR count). The maximum atomic E-state index is 15.6. The minimum atomic E-state index is -2.27. The lowest BCUT2D eigenvalue weighted by Crippen LogP contribution is -2.64. The SMILES string of the molecule is C[C@]12C=C(Cl)C(=O)C=C1[C@H](F)C[C@@H]1[C@H]2[C@@H](O)C[C@@]2(C)[C@H]1CC[C@@]2(C(=O)C(O)CC(=O)O)C(O)C(=O)O. The Morgan fingerprint density at radius 2 is 1.86 bits per heavy atom. The van der Waals surface area contributed by atoms with Crippen LogP contribution in [0, 0.1) is 34.0 Å². The van der Waals surface area contributed by atoms with Gasteiger partial charge in [0.2, 0.25) is 0 Å². The molecule has 0 saturated heterocycles. The normalized spacial score (nSPS) is 43.3. The van der Waals surface area contributed by atoms with Gasteiger partial charge in [-0.15, -0.1) is 0 Å². The number of carboxylic acids is 2. The molecule has 36 heavy (non-hydrogen) atoms. The highest BCUT2D eigenvalue weighted by molar-refractivity contribution is 6.44. The molecule has 9 nitrogen and oxygen atoms in total. The van der Waals surface area contributed by atoms with E-state index in [0.717, 1.165) is 0 Å². The summed E-state index contributed by atoms with van der Waals surface area (Å²) in [6.45, 7) is 3.24. The number of aliphatic carboxylic acids is 2. The van der Waals surface area contributed by atoms with Crippen LogP contribution in [-0.2, 0) is 19.2 Å². The molecule has 0 radical (unpaired) electrons. The average molecular weight is 529 g/mol. The first-order valence-corrected chi connectivity index (χ1v) is 12.3. The number of rotatable bonds is 6. The molecule has 0 aromatic heterocycles. The smallest absolute Gasteiger partial charge is 0.333 e. The van der Waals surface area contributed by atoms with Crippen molar-refractivity contribution in [2.24, 2.45) is 34.0 Å². The van der Waals surface area contributed by atoms with Crippen molar-refractivity contribution in [2.75, 3.05) is 0 Å². The monoisotopic (exact) mass is 528 g/mol. The Balaban J connectivity index is 1.83. The third-order valence-corrected chi connectivity index (χ3v) is 9.90. The van der Waals surface area contributed by atoms with Crippen molar-refractivity contribution in [2.45, 2.75) is 70.4 Å². The van der Waals surface area contributed by atoms with E-state index in [2.05, 4.69) is 0 Å². The lowest BCUT2D eigenvalue weighted by atomic mass is 9.43. The Kier molecular flexibility index (Phi) is 6.52. The number of carbonyl (C=O) groups excluding carboxylic acids is 2. The van der Waals surface area contributed by atoms with Crippen molar-refractivity contribution in [3.05, 3.63) is 22.8 Å². The first-order valence-electron chi connectivity index (χ1n) is 11.9. The van der Waals surface area contributed by atoms with E-state index in [9.17, 15) is 39.6 Å². The number of alkyl halides is 1. The molecule has 0 aromatic rings. The molecule has 10 atom stereocenters. The van der Waals surface area contributed by atoms with E-state index in [1.54, 1.807) is 13.8 Å². The van der Waals surface area contributed by atoms with Gasteiger partial charge in [-0.25, -0.2) is 9.18 Å². The van der Waals surface area contributed by atoms with Gasteiger partial charge in [0, 0.05) is 11.3 Å². The van der Waals surface area contributed by atoms with Crippen LogP contribution in [0.3, 0.4) is 0 Å². The van der Waals surface area contributed by atoms with Crippen LogP contribution in [0.4, 0.5) is 4.39 Å². The van der Waals surface area contributed by atoms with E-state index in [0.29, 0.717) is 0 Å². The highest BCUT2D eigenvalue weighted by Gasteiger charge is 2.72. The largest absolute Gasteiger partial charge is 0.481 e. The number of allylic oxidation sites excluding steroid dienone is 4. The number of ketones is 2. The van der Waals surface area contributed by atoms with Crippen molar-refractivity contribution >= 4 is 35.1 Å². The third kappa shape index (κ3) is 3.52. The second-order valence-electron chi connectivity index (χ2n) is 11.2. The van der Waals surface area contributed by atoms with Crippen molar-refractivity contribution in [3.63, 3.8) is 0 Å². The Hall–Kier alpha value is -2.14. The predicted octanol–water partition coefficient (Wildman–Crippen LogP) is 1.62. The number of aliphatic hydroxyl groups is 3. The molecule has 0 amide bonds.